The third-order valence-corrected chi connectivity index (χ3v) is 3.94. The Labute approximate surface area is 124 Å². The molecule has 3 heterocycles. The highest BCUT2D eigenvalue weighted by molar-refractivity contribution is 5.93. The van der Waals surface area contributed by atoms with E-state index in [1.807, 2.05) is 6.92 Å². The van der Waals surface area contributed by atoms with Crippen LogP contribution in [0.15, 0.2) is 24.5 Å². The van der Waals surface area contributed by atoms with Crippen LogP contribution in [0.3, 0.4) is 0 Å². The van der Waals surface area contributed by atoms with Crippen molar-refractivity contribution < 1.29 is 4.79 Å². The third-order valence-electron chi connectivity index (χ3n) is 3.94. The molecule has 1 saturated heterocycles. The van der Waals surface area contributed by atoms with Crippen LogP contribution in [0, 0.1) is 12.8 Å². The van der Waals surface area contributed by atoms with Crippen molar-refractivity contribution >= 4 is 11.6 Å². The topological polar surface area (TPSA) is 51.0 Å². The smallest absolute Gasteiger partial charge is 0.162 e. The number of aromatic nitrogens is 3. The van der Waals surface area contributed by atoms with Gasteiger partial charge in [0.25, 0.3) is 0 Å². The molecular formula is C16H20N4O. The van der Waals surface area contributed by atoms with Crippen molar-refractivity contribution in [2.75, 3.05) is 18.0 Å². The summed E-state index contributed by atoms with van der Waals surface area (Å²) < 4.78 is 1.78. The summed E-state index contributed by atoms with van der Waals surface area (Å²) in [5.74, 6) is 1.86. The molecule has 110 valence electrons. The molecule has 3 rings (SSSR count). The molecule has 0 N–H and O–H groups in total. The maximum atomic E-state index is 11.3. The van der Waals surface area contributed by atoms with Gasteiger partial charge in [-0.05, 0) is 31.4 Å². The minimum absolute atomic E-state index is 0.0401. The van der Waals surface area contributed by atoms with Gasteiger partial charge in [0.15, 0.2) is 5.78 Å². The first-order valence-corrected chi connectivity index (χ1v) is 7.28. The summed E-state index contributed by atoms with van der Waals surface area (Å²) in [5, 5.41) is 4.23. The van der Waals surface area contributed by atoms with Crippen molar-refractivity contribution in [2.45, 2.75) is 27.3 Å². The Morgan fingerprint density at radius 1 is 1.38 bits per heavy atom. The molecule has 0 aromatic carbocycles. The van der Waals surface area contributed by atoms with E-state index >= 15 is 0 Å². The number of hydrogen-bond donors (Lipinski definition) is 0. The number of ketones is 1. The number of hydrogen-bond acceptors (Lipinski definition) is 4. The summed E-state index contributed by atoms with van der Waals surface area (Å²) in [6, 6.07) is 4.18. The molecule has 0 amide bonds. The Balaban J connectivity index is 1.74. The summed E-state index contributed by atoms with van der Waals surface area (Å²) in [4.78, 5) is 18.3. The molecule has 0 spiro atoms. The summed E-state index contributed by atoms with van der Waals surface area (Å²) >= 11 is 0. The normalized spacial score (nSPS) is 15.1. The Morgan fingerprint density at radius 2 is 2.14 bits per heavy atom. The van der Waals surface area contributed by atoms with Crippen LogP contribution in [-0.2, 0) is 6.54 Å². The van der Waals surface area contributed by atoms with Gasteiger partial charge in [-0.25, -0.2) is 4.98 Å². The van der Waals surface area contributed by atoms with E-state index in [9.17, 15) is 4.79 Å². The number of pyridine rings is 1. The second-order valence-corrected chi connectivity index (χ2v) is 5.91. The Hall–Kier alpha value is -2.17. The minimum Gasteiger partial charge on any atom is -0.356 e. The van der Waals surface area contributed by atoms with Crippen LogP contribution in [0.25, 0.3) is 0 Å². The molecule has 5 nitrogen and oxygen atoms in total. The molecule has 1 aliphatic rings. The lowest BCUT2D eigenvalue weighted by Gasteiger charge is -2.38. The Morgan fingerprint density at radius 3 is 2.71 bits per heavy atom. The molecule has 0 aliphatic carbocycles. The van der Waals surface area contributed by atoms with Crippen molar-refractivity contribution in [2.24, 2.45) is 5.92 Å². The predicted molar refractivity (Wildman–Crippen MR) is 81.7 cm³/mol. The highest BCUT2D eigenvalue weighted by Gasteiger charge is 2.23. The Kier molecular flexibility index (Phi) is 3.49. The van der Waals surface area contributed by atoms with Crippen LogP contribution in [0.1, 0.15) is 35.5 Å². The quantitative estimate of drug-likeness (QED) is 0.808. The largest absolute Gasteiger partial charge is 0.356 e. The molecular weight excluding hydrogens is 264 g/mol. The van der Waals surface area contributed by atoms with Gasteiger partial charge in [-0.3, -0.25) is 9.48 Å². The van der Waals surface area contributed by atoms with Gasteiger partial charge in [0.05, 0.1) is 18.3 Å². The lowest BCUT2D eigenvalue weighted by Crippen LogP contribution is -2.45. The minimum atomic E-state index is 0.0401. The van der Waals surface area contributed by atoms with Gasteiger partial charge in [-0.15, -0.1) is 0 Å². The third kappa shape index (κ3) is 2.82. The zero-order chi connectivity index (χ0) is 15.0. The summed E-state index contributed by atoms with van der Waals surface area (Å²) in [5.41, 5.74) is 2.80. The zero-order valence-electron chi connectivity index (χ0n) is 12.7. The lowest BCUT2D eigenvalue weighted by molar-refractivity contribution is 0.101. The van der Waals surface area contributed by atoms with Crippen LogP contribution in [0.4, 0.5) is 5.82 Å². The maximum absolute atomic E-state index is 11.3. The number of rotatable bonds is 4. The second-order valence-electron chi connectivity index (χ2n) is 5.91. The maximum Gasteiger partial charge on any atom is 0.162 e. The Bertz CT molecular complexity index is 671. The van der Waals surface area contributed by atoms with E-state index in [2.05, 4.69) is 34.0 Å². The van der Waals surface area contributed by atoms with Gasteiger partial charge in [0.1, 0.15) is 5.82 Å². The zero-order valence-corrected chi connectivity index (χ0v) is 12.7. The van der Waals surface area contributed by atoms with Crippen LogP contribution >= 0.6 is 0 Å². The number of anilines is 1. The first-order chi connectivity index (χ1) is 10.0. The molecule has 0 saturated carbocycles. The molecule has 0 unspecified atom stereocenters. The van der Waals surface area contributed by atoms with Crippen molar-refractivity contribution in [1.82, 2.24) is 14.8 Å². The average molecular weight is 284 g/mol. The van der Waals surface area contributed by atoms with E-state index in [4.69, 9.17) is 0 Å². The van der Waals surface area contributed by atoms with Crippen molar-refractivity contribution in [3.05, 3.63) is 41.3 Å². The van der Waals surface area contributed by atoms with Crippen LogP contribution in [-0.4, -0.2) is 33.6 Å². The van der Waals surface area contributed by atoms with E-state index in [1.54, 1.807) is 24.0 Å². The van der Waals surface area contributed by atoms with Gasteiger partial charge < -0.3 is 4.90 Å². The molecule has 5 heteroatoms. The second kappa shape index (κ2) is 5.31. The SMILES string of the molecule is CC(=O)c1cnn(Cc2ccc(N3CC(C)C3)nc2C)c1. The average Bonchev–Trinajstić information content (AvgIpc) is 2.86. The standard InChI is InChI=1S/C16H20N4O/c1-11-7-19(8-11)16-5-4-14(12(2)18-16)9-20-10-15(6-17-20)13(3)21/h4-6,10-11H,7-9H2,1-3H3. The van der Waals surface area contributed by atoms with Crippen LogP contribution in [0.5, 0.6) is 0 Å². The van der Waals surface area contributed by atoms with Crippen LogP contribution < -0.4 is 4.90 Å². The van der Waals surface area contributed by atoms with Gasteiger partial charge in [-0.1, -0.05) is 13.0 Å². The van der Waals surface area contributed by atoms with E-state index in [0.29, 0.717) is 12.1 Å². The van der Waals surface area contributed by atoms with E-state index in [0.717, 1.165) is 36.1 Å². The van der Waals surface area contributed by atoms with E-state index in [-0.39, 0.29) is 5.78 Å². The molecule has 0 bridgehead atoms. The number of aryl methyl sites for hydroxylation is 1. The molecule has 0 radical (unpaired) electrons. The monoisotopic (exact) mass is 284 g/mol. The van der Waals surface area contributed by atoms with Gasteiger partial charge in [0, 0.05) is 25.0 Å². The fourth-order valence-electron chi connectivity index (χ4n) is 2.61. The number of carbonyl (C=O) groups is 1. The first-order valence-electron chi connectivity index (χ1n) is 7.28. The van der Waals surface area contributed by atoms with Crippen molar-refractivity contribution in [3.63, 3.8) is 0 Å². The number of carbonyl (C=O) groups excluding carboxylic acids is 1. The van der Waals surface area contributed by atoms with Crippen molar-refractivity contribution in [3.8, 4) is 0 Å². The molecule has 2 aromatic heterocycles. The van der Waals surface area contributed by atoms with E-state index < -0.39 is 0 Å². The van der Waals surface area contributed by atoms with Crippen molar-refractivity contribution in [1.29, 1.82) is 0 Å². The lowest BCUT2D eigenvalue weighted by atomic mass is 10.0. The fraction of sp³-hybridized carbons (Fsp3) is 0.438. The fourth-order valence-corrected chi connectivity index (χ4v) is 2.61. The highest BCUT2D eigenvalue weighted by atomic mass is 16.1. The summed E-state index contributed by atoms with van der Waals surface area (Å²) in [6.45, 7) is 8.65. The molecule has 1 aliphatic heterocycles. The molecule has 0 atom stereocenters. The summed E-state index contributed by atoms with van der Waals surface area (Å²) in [6.07, 6.45) is 3.40. The van der Waals surface area contributed by atoms with Crippen LogP contribution in [0.2, 0.25) is 0 Å². The summed E-state index contributed by atoms with van der Waals surface area (Å²) in [7, 11) is 0. The molecule has 2 aromatic rings. The van der Waals surface area contributed by atoms with Gasteiger partial charge in [0.2, 0.25) is 0 Å². The first kappa shape index (κ1) is 13.8. The highest BCUT2D eigenvalue weighted by Crippen LogP contribution is 2.23. The predicted octanol–water partition coefficient (Wildman–Crippen LogP) is 2.29. The van der Waals surface area contributed by atoms with Gasteiger partial charge >= 0.3 is 0 Å². The molecule has 21 heavy (non-hydrogen) atoms. The number of nitrogens with zero attached hydrogens (tertiary/aromatic N) is 4. The molecule has 1 fully saturated rings. The van der Waals surface area contributed by atoms with Gasteiger partial charge in [-0.2, -0.15) is 5.10 Å². The van der Waals surface area contributed by atoms with E-state index in [1.165, 1.54) is 0 Å². The number of Topliss-reactive ketones (excluding diaryl/α,β-unsaturated/α-hetero) is 1.